The van der Waals surface area contributed by atoms with Crippen LogP contribution in [0.2, 0.25) is 0 Å². The van der Waals surface area contributed by atoms with E-state index in [1.165, 1.54) is 7.11 Å². The van der Waals surface area contributed by atoms with Gasteiger partial charge in [0.25, 0.3) is 0 Å². The van der Waals surface area contributed by atoms with Crippen LogP contribution >= 0.6 is 0 Å². The molecule has 0 saturated heterocycles. The van der Waals surface area contributed by atoms with Gasteiger partial charge in [-0.3, -0.25) is 0 Å². The lowest BCUT2D eigenvalue weighted by Crippen LogP contribution is -2.02. The zero-order valence-electron chi connectivity index (χ0n) is 8.20. The molecular formula is C11H11NO2. The number of rotatable bonds is 2. The standard InChI is InChI=1S/C11H11NO2/c1-8-3-4-10(11(13)14-2)7-9(8)5-6-12/h3-4,7H,5H2,1-2H3. The van der Waals surface area contributed by atoms with Crippen LogP contribution < -0.4 is 0 Å². The summed E-state index contributed by atoms with van der Waals surface area (Å²) in [4.78, 5) is 11.2. The van der Waals surface area contributed by atoms with Crippen molar-refractivity contribution in [1.29, 1.82) is 5.26 Å². The lowest BCUT2D eigenvalue weighted by atomic mass is 10.0. The van der Waals surface area contributed by atoms with Crippen LogP contribution in [0.25, 0.3) is 0 Å². The van der Waals surface area contributed by atoms with Crippen LogP contribution in [0.1, 0.15) is 21.5 Å². The number of esters is 1. The largest absolute Gasteiger partial charge is 0.465 e. The molecule has 0 N–H and O–H groups in total. The Hall–Kier alpha value is -1.82. The van der Waals surface area contributed by atoms with E-state index in [1.807, 2.05) is 13.0 Å². The second kappa shape index (κ2) is 4.43. The molecule has 1 rings (SSSR count). The minimum atomic E-state index is -0.371. The monoisotopic (exact) mass is 189 g/mol. The number of carbonyl (C=O) groups is 1. The summed E-state index contributed by atoms with van der Waals surface area (Å²) in [6.07, 6.45) is 0.316. The number of nitrogens with zero attached hydrogens (tertiary/aromatic N) is 1. The molecule has 1 aromatic rings. The maximum atomic E-state index is 11.2. The van der Waals surface area contributed by atoms with Crippen molar-refractivity contribution in [3.05, 3.63) is 34.9 Å². The first-order valence-electron chi connectivity index (χ1n) is 4.24. The van der Waals surface area contributed by atoms with Gasteiger partial charge >= 0.3 is 5.97 Å². The molecule has 72 valence electrons. The third-order valence-corrected chi connectivity index (χ3v) is 2.04. The summed E-state index contributed by atoms with van der Waals surface area (Å²) in [5.74, 6) is -0.371. The number of nitriles is 1. The Labute approximate surface area is 82.9 Å². The number of hydrogen-bond donors (Lipinski definition) is 0. The molecule has 0 aliphatic carbocycles. The quantitative estimate of drug-likeness (QED) is 0.667. The van der Waals surface area contributed by atoms with Crippen LogP contribution in [0.4, 0.5) is 0 Å². The Kier molecular flexibility index (Phi) is 3.24. The van der Waals surface area contributed by atoms with Gasteiger partial charge < -0.3 is 4.74 Å². The highest BCUT2D eigenvalue weighted by molar-refractivity contribution is 5.89. The fourth-order valence-corrected chi connectivity index (χ4v) is 1.19. The first kappa shape index (κ1) is 10.3. The summed E-state index contributed by atoms with van der Waals surface area (Å²) in [6.45, 7) is 1.91. The lowest BCUT2D eigenvalue weighted by molar-refractivity contribution is 0.0600. The van der Waals surface area contributed by atoms with Gasteiger partial charge in [0.15, 0.2) is 0 Å². The minimum absolute atomic E-state index is 0.316. The van der Waals surface area contributed by atoms with Crippen LogP contribution in [0, 0.1) is 18.3 Å². The van der Waals surface area contributed by atoms with Gasteiger partial charge in [-0.05, 0) is 30.2 Å². The van der Waals surface area contributed by atoms with Gasteiger partial charge in [0.1, 0.15) is 0 Å². The Morgan fingerprint density at radius 2 is 2.29 bits per heavy atom. The van der Waals surface area contributed by atoms with Crippen LogP contribution in [0.5, 0.6) is 0 Å². The molecule has 0 unspecified atom stereocenters. The Morgan fingerprint density at radius 1 is 1.57 bits per heavy atom. The lowest BCUT2D eigenvalue weighted by Gasteiger charge is -2.04. The number of ether oxygens (including phenoxy) is 1. The van der Waals surface area contributed by atoms with Gasteiger partial charge in [-0.1, -0.05) is 6.07 Å². The summed E-state index contributed by atoms with van der Waals surface area (Å²) in [7, 11) is 1.34. The van der Waals surface area contributed by atoms with Gasteiger partial charge in [0.2, 0.25) is 0 Å². The van der Waals surface area contributed by atoms with Gasteiger partial charge in [0.05, 0.1) is 25.2 Å². The van der Waals surface area contributed by atoms with Crippen LogP contribution in [0.15, 0.2) is 18.2 Å². The molecule has 0 amide bonds. The second-order valence-electron chi connectivity index (χ2n) is 2.97. The molecule has 0 spiro atoms. The van der Waals surface area contributed by atoms with Crippen molar-refractivity contribution in [3.8, 4) is 6.07 Å². The second-order valence-corrected chi connectivity index (χ2v) is 2.97. The smallest absolute Gasteiger partial charge is 0.337 e. The highest BCUT2D eigenvalue weighted by Gasteiger charge is 2.07. The molecule has 0 aromatic heterocycles. The molecule has 3 heteroatoms. The Balaban J connectivity index is 3.07. The molecule has 0 aliphatic heterocycles. The summed E-state index contributed by atoms with van der Waals surface area (Å²) in [6, 6.07) is 7.27. The molecule has 0 radical (unpaired) electrons. The first-order chi connectivity index (χ1) is 6.69. The molecule has 0 atom stereocenters. The van der Waals surface area contributed by atoms with E-state index in [9.17, 15) is 4.79 Å². The van der Waals surface area contributed by atoms with Gasteiger partial charge in [-0.2, -0.15) is 5.26 Å². The number of aryl methyl sites for hydroxylation is 1. The third kappa shape index (κ3) is 2.11. The number of benzene rings is 1. The van der Waals surface area contributed by atoms with Crippen LogP contribution in [0.3, 0.4) is 0 Å². The van der Waals surface area contributed by atoms with E-state index in [0.717, 1.165) is 11.1 Å². The van der Waals surface area contributed by atoms with Crippen molar-refractivity contribution in [3.63, 3.8) is 0 Å². The van der Waals surface area contributed by atoms with E-state index in [0.29, 0.717) is 12.0 Å². The van der Waals surface area contributed by atoms with Crippen molar-refractivity contribution >= 4 is 5.97 Å². The van der Waals surface area contributed by atoms with E-state index in [-0.39, 0.29) is 5.97 Å². The van der Waals surface area contributed by atoms with Crippen molar-refractivity contribution in [2.75, 3.05) is 7.11 Å². The zero-order valence-corrected chi connectivity index (χ0v) is 8.20. The van der Waals surface area contributed by atoms with Crippen molar-refractivity contribution in [2.24, 2.45) is 0 Å². The molecule has 14 heavy (non-hydrogen) atoms. The fourth-order valence-electron chi connectivity index (χ4n) is 1.19. The number of methoxy groups -OCH3 is 1. The van der Waals surface area contributed by atoms with E-state index < -0.39 is 0 Å². The maximum absolute atomic E-state index is 11.2. The summed E-state index contributed by atoms with van der Waals surface area (Å²) in [5.41, 5.74) is 2.37. The fraction of sp³-hybridized carbons (Fsp3) is 0.273. The average Bonchev–Trinajstić information content (AvgIpc) is 2.20. The average molecular weight is 189 g/mol. The number of carbonyl (C=O) groups excluding carboxylic acids is 1. The van der Waals surface area contributed by atoms with E-state index in [4.69, 9.17) is 5.26 Å². The van der Waals surface area contributed by atoms with Crippen LogP contribution in [-0.4, -0.2) is 13.1 Å². The predicted molar refractivity (Wildman–Crippen MR) is 51.8 cm³/mol. The maximum Gasteiger partial charge on any atom is 0.337 e. The van der Waals surface area contributed by atoms with Crippen molar-refractivity contribution in [2.45, 2.75) is 13.3 Å². The van der Waals surface area contributed by atoms with Crippen LogP contribution in [-0.2, 0) is 11.2 Å². The molecule has 3 nitrogen and oxygen atoms in total. The van der Waals surface area contributed by atoms with E-state index >= 15 is 0 Å². The van der Waals surface area contributed by atoms with Crippen molar-refractivity contribution < 1.29 is 9.53 Å². The highest BCUT2D eigenvalue weighted by atomic mass is 16.5. The van der Waals surface area contributed by atoms with E-state index in [2.05, 4.69) is 10.8 Å². The Morgan fingerprint density at radius 3 is 2.86 bits per heavy atom. The minimum Gasteiger partial charge on any atom is -0.465 e. The van der Waals surface area contributed by atoms with E-state index in [1.54, 1.807) is 12.1 Å². The molecule has 0 saturated carbocycles. The molecule has 1 aromatic carbocycles. The third-order valence-electron chi connectivity index (χ3n) is 2.04. The van der Waals surface area contributed by atoms with Crippen molar-refractivity contribution in [1.82, 2.24) is 0 Å². The Bertz CT molecular complexity index is 391. The predicted octanol–water partition coefficient (Wildman–Crippen LogP) is 1.85. The molecule has 0 bridgehead atoms. The number of hydrogen-bond acceptors (Lipinski definition) is 3. The molecular weight excluding hydrogens is 178 g/mol. The first-order valence-corrected chi connectivity index (χ1v) is 4.24. The molecule has 0 aliphatic rings. The normalized spacial score (nSPS) is 9.21. The molecule has 0 fully saturated rings. The summed E-state index contributed by atoms with van der Waals surface area (Å²) < 4.78 is 4.59. The van der Waals surface area contributed by atoms with Gasteiger partial charge in [0, 0.05) is 0 Å². The molecule has 0 heterocycles. The summed E-state index contributed by atoms with van der Waals surface area (Å²) >= 11 is 0. The highest BCUT2D eigenvalue weighted by Crippen LogP contribution is 2.12. The zero-order chi connectivity index (χ0) is 10.6. The summed E-state index contributed by atoms with van der Waals surface area (Å²) in [5, 5.41) is 8.56. The SMILES string of the molecule is COC(=O)c1ccc(C)c(CC#N)c1. The van der Waals surface area contributed by atoms with Gasteiger partial charge in [-0.15, -0.1) is 0 Å². The topological polar surface area (TPSA) is 50.1 Å². The van der Waals surface area contributed by atoms with Gasteiger partial charge in [-0.25, -0.2) is 4.79 Å².